The molecule has 0 aliphatic rings. The van der Waals surface area contributed by atoms with E-state index < -0.39 is 0 Å². The molecule has 0 saturated heterocycles. The summed E-state index contributed by atoms with van der Waals surface area (Å²) in [4.78, 5) is 0. The fraction of sp³-hybridized carbons (Fsp3) is 0.200. The van der Waals surface area contributed by atoms with Gasteiger partial charge in [-0.1, -0.05) is 12.1 Å². The molecule has 4 rings (SSSR count). The van der Waals surface area contributed by atoms with Crippen molar-refractivity contribution in [2.45, 2.75) is 6.42 Å². The molecule has 0 fully saturated rings. The highest BCUT2D eigenvalue weighted by atomic mass is 16.5. The quantitative estimate of drug-likeness (QED) is 0.430. The van der Waals surface area contributed by atoms with Crippen LogP contribution in [-0.2, 0) is 6.42 Å². The van der Waals surface area contributed by atoms with E-state index in [1.165, 1.54) is 0 Å². The smallest absolute Gasteiger partial charge is 0.123 e. The van der Waals surface area contributed by atoms with Crippen molar-refractivity contribution in [2.24, 2.45) is 0 Å². The van der Waals surface area contributed by atoms with Crippen LogP contribution in [0.5, 0.6) is 23.0 Å². The van der Waals surface area contributed by atoms with E-state index in [2.05, 4.69) is 36.4 Å². The number of rotatable bonds is 6. The summed E-state index contributed by atoms with van der Waals surface area (Å²) in [5.41, 5.74) is 2.22. The van der Waals surface area contributed by atoms with Gasteiger partial charge >= 0.3 is 0 Å². The lowest BCUT2D eigenvalue weighted by Gasteiger charge is -2.15. The van der Waals surface area contributed by atoms with Crippen LogP contribution in [0.2, 0.25) is 0 Å². The van der Waals surface area contributed by atoms with E-state index in [0.29, 0.717) is 6.42 Å². The fourth-order valence-corrected chi connectivity index (χ4v) is 3.72. The first-order valence-electron chi connectivity index (χ1n) is 9.44. The van der Waals surface area contributed by atoms with E-state index in [0.717, 1.165) is 55.7 Å². The molecule has 0 spiro atoms. The van der Waals surface area contributed by atoms with Gasteiger partial charge in [0.25, 0.3) is 0 Å². The molecule has 4 aromatic rings. The molecule has 0 bridgehead atoms. The second-order valence-corrected chi connectivity index (χ2v) is 6.93. The normalized spacial score (nSPS) is 10.9. The van der Waals surface area contributed by atoms with Gasteiger partial charge in [-0.15, -0.1) is 0 Å². The van der Waals surface area contributed by atoms with Crippen molar-refractivity contribution >= 4 is 21.5 Å². The maximum atomic E-state index is 5.69. The highest BCUT2D eigenvalue weighted by Crippen LogP contribution is 2.34. The number of fused-ring (bicyclic) bond motifs is 2. The molecular formula is C25H24O4. The largest absolute Gasteiger partial charge is 0.497 e. The zero-order valence-corrected chi connectivity index (χ0v) is 17.1. The summed E-state index contributed by atoms with van der Waals surface area (Å²) >= 11 is 0. The second kappa shape index (κ2) is 7.92. The molecule has 0 aliphatic carbocycles. The molecule has 0 aromatic heterocycles. The van der Waals surface area contributed by atoms with Crippen LogP contribution >= 0.6 is 0 Å². The summed E-state index contributed by atoms with van der Waals surface area (Å²) in [5.74, 6) is 3.36. The molecule has 0 aliphatic heterocycles. The maximum Gasteiger partial charge on any atom is 0.123 e. The third-order valence-corrected chi connectivity index (χ3v) is 5.27. The Kier molecular flexibility index (Phi) is 5.17. The summed E-state index contributed by atoms with van der Waals surface area (Å²) in [7, 11) is 6.76. The Balaban J connectivity index is 1.79. The van der Waals surface area contributed by atoms with E-state index in [4.69, 9.17) is 18.9 Å². The highest BCUT2D eigenvalue weighted by molar-refractivity contribution is 5.88. The molecule has 4 aromatic carbocycles. The lowest BCUT2D eigenvalue weighted by Crippen LogP contribution is -1.98. The van der Waals surface area contributed by atoms with Crippen molar-refractivity contribution in [2.75, 3.05) is 28.4 Å². The molecule has 0 N–H and O–H groups in total. The van der Waals surface area contributed by atoms with Gasteiger partial charge in [0.1, 0.15) is 23.0 Å². The Labute approximate surface area is 170 Å². The van der Waals surface area contributed by atoms with Gasteiger partial charge < -0.3 is 18.9 Å². The van der Waals surface area contributed by atoms with Gasteiger partial charge in [0, 0.05) is 6.42 Å². The standard InChI is InChI=1S/C25H24O4/c1-26-22-7-5-16-9-20(24(28-3)14-18(16)12-22)11-21-10-17-6-8-23(27-2)13-19(17)15-25(21)29-4/h5-10,12-15H,11H2,1-4H3. The monoisotopic (exact) mass is 388 g/mol. The van der Waals surface area contributed by atoms with Crippen LogP contribution < -0.4 is 18.9 Å². The molecule has 0 heterocycles. The minimum absolute atomic E-state index is 0.705. The number of hydrogen-bond acceptors (Lipinski definition) is 4. The number of benzene rings is 4. The Morgan fingerprint density at radius 1 is 0.483 bits per heavy atom. The first kappa shape index (κ1) is 18.9. The Bertz CT molecular complexity index is 1090. The Morgan fingerprint density at radius 3 is 1.31 bits per heavy atom. The third-order valence-electron chi connectivity index (χ3n) is 5.27. The van der Waals surface area contributed by atoms with Gasteiger partial charge in [0.2, 0.25) is 0 Å². The molecule has 0 atom stereocenters. The number of hydrogen-bond donors (Lipinski definition) is 0. The Hall–Kier alpha value is -3.40. The molecule has 0 unspecified atom stereocenters. The van der Waals surface area contributed by atoms with E-state index in [-0.39, 0.29) is 0 Å². The minimum atomic E-state index is 0.705. The predicted octanol–water partition coefficient (Wildman–Crippen LogP) is 5.62. The van der Waals surface area contributed by atoms with E-state index in [9.17, 15) is 0 Å². The molecule has 0 amide bonds. The van der Waals surface area contributed by atoms with Crippen molar-refractivity contribution < 1.29 is 18.9 Å². The summed E-state index contributed by atoms with van der Waals surface area (Å²) < 4.78 is 22.1. The van der Waals surface area contributed by atoms with Gasteiger partial charge in [0.05, 0.1) is 28.4 Å². The van der Waals surface area contributed by atoms with Gasteiger partial charge in [0.15, 0.2) is 0 Å². The molecule has 4 heteroatoms. The van der Waals surface area contributed by atoms with Gasteiger partial charge in [-0.2, -0.15) is 0 Å². The number of ether oxygens (including phenoxy) is 4. The molecule has 29 heavy (non-hydrogen) atoms. The fourth-order valence-electron chi connectivity index (χ4n) is 3.72. The second-order valence-electron chi connectivity index (χ2n) is 6.93. The van der Waals surface area contributed by atoms with Gasteiger partial charge in [-0.3, -0.25) is 0 Å². The maximum absolute atomic E-state index is 5.69. The highest BCUT2D eigenvalue weighted by Gasteiger charge is 2.12. The van der Waals surface area contributed by atoms with Crippen LogP contribution in [0, 0.1) is 0 Å². The van der Waals surface area contributed by atoms with Crippen LogP contribution in [0.1, 0.15) is 11.1 Å². The summed E-state index contributed by atoms with van der Waals surface area (Å²) in [6.45, 7) is 0. The molecule has 148 valence electrons. The van der Waals surface area contributed by atoms with Crippen LogP contribution in [0.15, 0.2) is 60.7 Å². The first-order valence-corrected chi connectivity index (χ1v) is 9.44. The summed E-state index contributed by atoms with van der Waals surface area (Å²) in [6.07, 6.45) is 0.705. The van der Waals surface area contributed by atoms with E-state index >= 15 is 0 Å². The lowest BCUT2D eigenvalue weighted by molar-refractivity contribution is 0.406. The van der Waals surface area contributed by atoms with E-state index in [1.807, 2.05) is 24.3 Å². The zero-order chi connectivity index (χ0) is 20.4. The molecule has 0 saturated carbocycles. The summed E-state index contributed by atoms with van der Waals surface area (Å²) in [5, 5.41) is 4.46. The zero-order valence-electron chi connectivity index (χ0n) is 17.1. The van der Waals surface area contributed by atoms with Crippen molar-refractivity contribution in [1.29, 1.82) is 0 Å². The topological polar surface area (TPSA) is 36.9 Å². The molecule has 0 radical (unpaired) electrons. The van der Waals surface area contributed by atoms with Crippen LogP contribution in [0.3, 0.4) is 0 Å². The third kappa shape index (κ3) is 3.66. The Morgan fingerprint density at radius 2 is 0.931 bits per heavy atom. The SMILES string of the molecule is COc1ccc2cc(Cc3cc4ccc(OC)cc4cc3OC)c(OC)cc2c1. The first-order chi connectivity index (χ1) is 14.1. The summed E-state index contributed by atoms with van der Waals surface area (Å²) in [6, 6.07) is 20.6. The van der Waals surface area contributed by atoms with Crippen molar-refractivity contribution in [1.82, 2.24) is 0 Å². The van der Waals surface area contributed by atoms with Gasteiger partial charge in [-0.25, -0.2) is 0 Å². The minimum Gasteiger partial charge on any atom is -0.497 e. The lowest BCUT2D eigenvalue weighted by atomic mass is 9.97. The van der Waals surface area contributed by atoms with Crippen LogP contribution in [0.4, 0.5) is 0 Å². The van der Waals surface area contributed by atoms with Crippen molar-refractivity contribution in [3.63, 3.8) is 0 Å². The van der Waals surface area contributed by atoms with E-state index in [1.54, 1.807) is 28.4 Å². The average molecular weight is 388 g/mol. The molecule has 4 nitrogen and oxygen atoms in total. The average Bonchev–Trinajstić information content (AvgIpc) is 2.77. The van der Waals surface area contributed by atoms with Crippen LogP contribution in [-0.4, -0.2) is 28.4 Å². The van der Waals surface area contributed by atoms with Crippen molar-refractivity contribution in [3.8, 4) is 23.0 Å². The van der Waals surface area contributed by atoms with Gasteiger partial charge in [-0.05, 0) is 81.2 Å². The van der Waals surface area contributed by atoms with Crippen molar-refractivity contribution in [3.05, 3.63) is 71.8 Å². The number of methoxy groups -OCH3 is 4. The molecular weight excluding hydrogens is 364 g/mol. The predicted molar refractivity (Wildman–Crippen MR) is 117 cm³/mol. The van der Waals surface area contributed by atoms with Crippen LogP contribution in [0.25, 0.3) is 21.5 Å².